The lowest BCUT2D eigenvalue weighted by molar-refractivity contribution is -0.122. The van der Waals surface area contributed by atoms with Gasteiger partial charge in [0.15, 0.2) is 0 Å². The number of thiazole rings is 1. The molecule has 0 bridgehead atoms. The highest BCUT2D eigenvalue weighted by atomic mass is 32.1. The summed E-state index contributed by atoms with van der Waals surface area (Å²) in [6.45, 7) is 2.11. The fraction of sp³-hybridized carbons (Fsp3) is 0.353. The highest BCUT2D eigenvalue weighted by Gasteiger charge is 2.26. The molecule has 2 heterocycles. The third-order valence-corrected chi connectivity index (χ3v) is 4.73. The number of nitrogens with one attached hydrogen (secondary N) is 1. The van der Waals surface area contributed by atoms with E-state index in [0.717, 1.165) is 35.7 Å². The summed E-state index contributed by atoms with van der Waals surface area (Å²) in [5, 5.41) is 5.95. The van der Waals surface area contributed by atoms with Gasteiger partial charge in [-0.2, -0.15) is 0 Å². The molecular weight excluding hydrogens is 294 g/mol. The summed E-state index contributed by atoms with van der Waals surface area (Å²) >= 11 is 1.53. The molecule has 0 aromatic carbocycles. The SMILES string of the molecule is CC1(NC(=O)Cc2csc(-c3ccccn3)n2)CC=CCC1. The molecule has 1 unspecified atom stereocenters. The smallest absolute Gasteiger partial charge is 0.226 e. The van der Waals surface area contributed by atoms with Gasteiger partial charge in [0.2, 0.25) is 5.91 Å². The molecule has 1 aliphatic carbocycles. The van der Waals surface area contributed by atoms with Gasteiger partial charge in [0.05, 0.1) is 17.8 Å². The van der Waals surface area contributed by atoms with Crippen molar-refractivity contribution in [3.05, 3.63) is 47.6 Å². The van der Waals surface area contributed by atoms with E-state index in [0.29, 0.717) is 6.42 Å². The van der Waals surface area contributed by atoms with Crippen LogP contribution in [0.25, 0.3) is 10.7 Å². The van der Waals surface area contributed by atoms with Crippen LogP contribution in [0.5, 0.6) is 0 Å². The number of hydrogen-bond acceptors (Lipinski definition) is 4. The minimum absolute atomic E-state index is 0.0377. The van der Waals surface area contributed by atoms with Gasteiger partial charge in [0, 0.05) is 17.1 Å². The lowest BCUT2D eigenvalue weighted by atomic mass is 9.87. The molecule has 0 saturated carbocycles. The third-order valence-electron chi connectivity index (χ3n) is 3.82. The topological polar surface area (TPSA) is 54.9 Å². The van der Waals surface area contributed by atoms with Gasteiger partial charge in [-0.25, -0.2) is 4.98 Å². The van der Waals surface area contributed by atoms with Crippen LogP contribution in [0.4, 0.5) is 0 Å². The maximum atomic E-state index is 12.2. The largest absolute Gasteiger partial charge is 0.350 e. The molecule has 2 aromatic rings. The monoisotopic (exact) mass is 313 g/mol. The Kier molecular flexibility index (Phi) is 4.34. The van der Waals surface area contributed by atoms with E-state index in [1.54, 1.807) is 6.20 Å². The molecule has 0 radical (unpaired) electrons. The average molecular weight is 313 g/mol. The Morgan fingerprint density at radius 2 is 2.32 bits per heavy atom. The zero-order chi connectivity index (χ0) is 15.4. The molecule has 1 N–H and O–H groups in total. The van der Waals surface area contributed by atoms with Gasteiger partial charge in [0.25, 0.3) is 0 Å². The maximum absolute atomic E-state index is 12.2. The predicted octanol–water partition coefficient (Wildman–Crippen LogP) is 3.36. The molecule has 0 spiro atoms. The number of aromatic nitrogens is 2. The molecule has 1 atom stereocenters. The van der Waals surface area contributed by atoms with Crippen LogP contribution >= 0.6 is 11.3 Å². The van der Waals surface area contributed by atoms with Crippen LogP contribution in [0.15, 0.2) is 41.9 Å². The number of nitrogens with zero attached hydrogens (tertiary/aromatic N) is 2. The van der Waals surface area contributed by atoms with Crippen LogP contribution in [-0.4, -0.2) is 21.4 Å². The van der Waals surface area contributed by atoms with Crippen molar-refractivity contribution in [2.24, 2.45) is 0 Å². The predicted molar refractivity (Wildman–Crippen MR) is 88.6 cm³/mol. The first-order valence-electron chi connectivity index (χ1n) is 7.46. The summed E-state index contributed by atoms with van der Waals surface area (Å²) in [7, 11) is 0. The number of amides is 1. The van der Waals surface area contributed by atoms with Gasteiger partial charge in [-0.05, 0) is 38.3 Å². The number of carbonyl (C=O) groups is 1. The molecule has 22 heavy (non-hydrogen) atoms. The summed E-state index contributed by atoms with van der Waals surface area (Å²) in [6.07, 6.45) is 9.31. The summed E-state index contributed by atoms with van der Waals surface area (Å²) < 4.78 is 0. The Hall–Kier alpha value is -2.01. The van der Waals surface area contributed by atoms with Crippen molar-refractivity contribution in [2.75, 3.05) is 0 Å². The van der Waals surface area contributed by atoms with Crippen LogP contribution in [-0.2, 0) is 11.2 Å². The lowest BCUT2D eigenvalue weighted by Gasteiger charge is -2.31. The minimum Gasteiger partial charge on any atom is -0.350 e. The van der Waals surface area contributed by atoms with Crippen LogP contribution in [0.1, 0.15) is 31.9 Å². The van der Waals surface area contributed by atoms with Crippen molar-refractivity contribution >= 4 is 17.2 Å². The minimum atomic E-state index is -0.119. The van der Waals surface area contributed by atoms with E-state index in [1.165, 1.54) is 11.3 Å². The summed E-state index contributed by atoms with van der Waals surface area (Å²) in [5.41, 5.74) is 1.53. The number of allylic oxidation sites excluding steroid dienone is 1. The highest BCUT2D eigenvalue weighted by Crippen LogP contribution is 2.24. The van der Waals surface area contributed by atoms with Crippen molar-refractivity contribution in [3.8, 4) is 10.7 Å². The van der Waals surface area contributed by atoms with Crippen LogP contribution < -0.4 is 5.32 Å². The molecular formula is C17H19N3OS. The number of rotatable bonds is 4. The molecule has 1 amide bonds. The van der Waals surface area contributed by atoms with Crippen molar-refractivity contribution in [1.82, 2.24) is 15.3 Å². The fourth-order valence-corrected chi connectivity index (χ4v) is 3.41. The molecule has 0 fully saturated rings. The van der Waals surface area contributed by atoms with E-state index in [4.69, 9.17) is 0 Å². The third kappa shape index (κ3) is 3.60. The first kappa shape index (κ1) is 14.9. The standard InChI is InChI=1S/C17H19N3OS/c1-17(8-4-2-5-9-17)20-15(21)11-13-12-22-16(19-13)14-7-3-6-10-18-14/h2-4,6-7,10,12H,5,8-9,11H2,1H3,(H,20,21). The summed E-state index contributed by atoms with van der Waals surface area (Å²) in [6, 6.07) is 5.75. The lowest BCUT2D eigenvalue weighted by Crippen LogP contribution is -2.47. The Bertz CT molecular complexity index is 680. The van der Waals surface area contributed by atoms with Crippen molar-refractivity contribution in [1.29, 1.82) is 0 Å². The first-order valence-corrected chi connectivity index (χ1v) is 8.34. The number of carbonyl (C=O) groups excluding carboxylic acids is 1. The van der Waals surface area contributed by atoms with Gasteiger partial charge in [0.1, 0.15) is 5.01 Å². The quantitative estimate of drug-likeness (QED) is 0.881. The van der Waals surface area contributed by atoms with E-state index < -0.39 is 0 Å². The van der Waals surface area contributed by atoms with Gasteiger partial charge >= 0.3 is 0 Å². The Morgan fingerprint density at radius 1 is 1.41 bits per heavy atom. The second kappa shape index (κ2) is 6.40. The molecule has 114 valence electrons. The zero-order valence-corrected chi connectivity index (χ0v) is 13.4. The van der Waals surface area contributed by atoms with Crippen LogP contribution in [0.2, 0.25) is 0 Å². The second-order valence-corrected chi connectivity index (χ2v) is 6.72. The molecule has 1 aliphatic rings. The summed E-state index contributed by atoms with van der Waals surface area (Å²) in [4.78, 5) is 21.0. The highest BCUT2D eigenvalue weighted by molar-refractivity contribution is 7.13. The average Bonchev–Trinajstić information content (AvgIpc) is 2.96. The van der Waals surface area contributed by atoms with Gasteiger partial charge in [-0.15, -0.1) is 11.3 Å². The second-order valence-electron chi connectivity index (χ2n) is 5.86. The van der Waals surface area contributed by atoms with Crippen LogP contribution in [0.3, 0.4) is 0 Å². The fourth-order valence-electron chi connectivity index (χ4n) is 2.62. The van der Waals surface area contributed by atoms with E-state index in [2.05, 4.69) is 34.4 Å². The van der Waals surface area contributed by atoms with E-state index in [-0.39, 0.29) is 11.4 Å². The van der Waals surface area contributed by atoms with Gasteiger partial charge in [-0.1, -0.05) is 18.2 Å². The van der Waals surface area contributed by atoms with E-state index in [1.807, 2.05) is 23.6 Å². The molecule has 0 saturated heterocycles. The van der Waals surface area contributed by atoms with Gasteiger partial charge < -0.3 is 5.32 Å². The van der Waals surface area contributed by atoms with Crippen molar-refractivity contribution in [2.45, 2.75) is 38.1 Å². The summed E-state index contributed by atoms with van der Waals surface area (Å²) in [5.74, 6) is 0.0377. The zero-order valence-electron chi connectivity index (χ0n) is 12.6. The number of hydrogen-bond donors (Lipinski definition) is 1. The Balaban J connectivity index is 1.63. The molecule has 4 nitrogen and oxygen atoms in total. The molecule has 0 aliphatic heterocycles. The molecule has 2 aromatic heterocycles. The van der Waals surface area contributed by atoms with Crippen LogP contribution in [0, 0.1) is 0 Å². The first-order chi connectivity index (χ1) is 10.6. The van der Waals surface area contributed by atoms with E-state index in [9.17, 15) is 4.79 Å². The van der Waals surface area contributed by atoms with Gasteiger partial charge in [-0.3, -0.25) is 9.78 Å². The Labute approximate surface area is 134 Å². The maximum Gasteiger partial charge on any atom is 0.226 e. The van der Waals surface area contributed by atoms with E-state index >= 15 is 0 Å². The number of pyridine rings is 1. The van der Waals surface area contributed by atoms with Crippen molar-refractivity contribution in [3.63, 3.8) is 0 Å². The molecule has 5 heteroatoms. The molecule has 3 rings (SSSR count). The normalized spacial score (nSPS) is 20.8. The Morgan fingerprint density at radius 3 is 3.05 bits per heavy atom. The van der Waals surface area contributed by atoms with Crippen molar-refractivity contribution < 1.29 is 4.79 Å².